The summed E-state index contributed by atoms with van der Waals surface area (Å²) < 4.78 is 0. The van der Waals surface area contributed by atoms with Crippen molar-refractivity contribution >= 4 is 11.6 Å². The second-order valence-corrected chi connectivity index (χ2v) is 5.44. The highest BCUT2D eigenvalue weighted by molar-refractivity contribution is 6.18. The summed E-state index contributed by atoms with van der Waals surface area (Å²) in [6, 6.07) is 0. The van der Waals surface area contributed by atoms with Crippen LogP contribution >= 0.6 is 11.6 Å². The van der Waals surface area contributed by atoms with Crippen molar-refractivity contribution in [3.63, 3.8) is 0 Å². The van der Waals surface area contributed by atoms with Crippen LogP contribution in [-0.4, -0.2) is 5.88 Å². The Morgan fingerprint density at radius 3 is 1.87 bits per heavy atom. The van der Waals surface area contributed by atoms with Gasteiger partial charge in [0.25, 0.3) is 0 Å². The molecule has 0 heterocycles. The summed E-state index contributed by atoms with van der Waals surface area (Å²) in [6.07, 6.45) is 12.3. The van der Waals surface area contributed by atoms with E-state index in [-0.39, 0.29) is 0 Å². The van der Waals surface area contributed by atoms with Gasteiger partial charge in [-0.2, -0.15) is 0 Å². The van der Waals surface area contributed by atoms with Gasteiger partial charge in [0, 0.05) is 5.88 Å². The largest absolute Gasteiger partial charge is 0.126 e. The van der Waals surface area contributed by atoms with Crippen molar-refractivity contribution in [1.82, 2.24) is 0 Å². The van der Waals surface area contributed by atoms with E-state index in [2.05, 4.69) is 20.8 Å². The van der Waals surface area contributed by atoms with Crippen LogP contribution in [-0.2, 0) is 0 Å². The number of alkyl halides is 1. The zero-order chi connectivity index (χ0) is 11.6. The summed E-state index contributed by atoms with van der Waals surface area (Å²) in [4.78, 5) is 0. The summed E-state index contributed by atoms with van der Waals surface area (Å²) in [5.41, 5.74) is 0.394. The molecule has 0 N–H and O–H groups in total. The van der Waals surface area contributed by atoms with Crippen LogP contribution in [0.25, 0.3) is 0 Å². The van der Waals surface area contributed by atoms with Gasteiger partial charge >= 0.3 is 0 Å². The van der Waals surface area contributed by atoms with E-state index in [0.717, 1.165) is 5.88 Å². The fourth-order valence-electron chi connectivity index (χ4n) is 1.85. The third kappa shape index (κ3) is 8.13. The molecule has 15 heavy (non-hydrogen) atoms. The van der Waals surface area contributed by atoms with Gasteiger partial charge in [-0.05, 0) is 18.3 Å². The molecule has 0 aliphatic rings. The van der Waals surface area contributed by atoms with E-state index in [0.29, 0.717) is 5.41 Å². The van der Waals surface area contributed by atoms with E-state index in [4.69, 9.17) is 11.6 Å². The van der Waals surface area contributed by atoms with Crippen LogP contribution in [0.15, 0.2) is 0 Å². The van der Waals surface area contributed by atoms with E-state index in [9.17, 15) is 0 Å². The van der Waals surface area contributed by atoms with Crippen LogP contribution in [0.3, 0.4) is 0 Å². The maximum absolute atomic E-state index is 5.99. The van der Waals surface area contributed by atoms with Gasteiger partial charge in [0.05, 0.1) is 0 Å². The Labute approximate surface area is 102 Å². The minimum absolute atomic E-state index is 0.394. The molecule has 0 spiro atoms. The molecule has 0 bridgehead atoms. The minimum atomic E-state index is 0.394. The second kappa shape index (κ2) is 9.51. The lowest BCUT2D eigenvalue weighted by molar-refractivity contribution is 0.312. The van der Waals surface area contributed by atoms with Gasteiger partial charge in [-0.1, -0.05) is 65.7 Å². The van der Waals surface area contributed by atoms with Gasteiger partial charge in [0.15, 0.2) is 0 Å². The van der Waals surface area contributed by atoms with Crippen LogP contribution in [0, 0.1) is 5.41 Å². The second-order valence-electron chi connectivity index (χ2n) is 5.17. The number of unbranched alkanes of at least 4 members (excludes halogenated alkanes) is 6. The molecule has 0 rings (SSSR count). The van der Waals surface area contributed by atoms with Gasteiger partial charge < -0.3 is 0 Å². The summed E-state index contributed by atoms with van der Waals surface area (Å²) >= 11 is 5.99. The Morgan fingerprint density at radius 2 is 1.40 bits per heavy atom. The maximum atomic E-state index is 5.99. The fraction of sp³-hybridized carbons (Fsp3) is 1.00. The highest BCUT2D eigenvalue weighted by atomic mass is 35.5. The van der Waals surface area contributed by atoms with Gasteiger partial charge in [0.2, 0.25) is 0 Å². The number of hydrogen-bond acceptors (Lipinski definition) is 0. The molecule has 1 atom stereocenters. The molecule has 0 aliphatic carbocycles. The van der Waals surface area contributed by atoms with Gasteiger partial charge in [-0.15, -0.1) is 11.6 Å². The Bertz CT molecular complexity index is 127. The highest BCUT2D eigenvalue weighted by Gasteiger charge is 2.19. The maximum Gasteiger partial charge on any atom is 0.0277 e. The molecule has 1 unspecified atom stereocenters. The average molecular weight is 233 g/mol. The molecule has 0 aromatic rings. The molecule has 0 saturated heterocycles. The van der Waals surface area contributed by atoms with Gasteiger partial charge in [-0.3, -0.25) is 0 Å². The summed E-state index contributed by atoms with van der Waals surface area (Å²) in [5.74, 6) is 0.819. The van der Waals surface area contributed by atoms with Crippen LogP contribution < -0.4 is 0 Å². The molecular weight excluding hydrogens is 204 g/mol. The standard InChI is InChI=1S/C14H29Cl/c1-4-6-7-8-9-10-11-12-14(3,5-2)13-15/h4-13H2,1-3H3. The van der Waals surface area contributed by atoms with E-state index in [1.807, 2.05) is 0 Å². The first-order chi connectivity index (χ1) is 7.18. The quantitative estimate of drug-likeness (QED) is 0.331. The Kier molecular flexibility index (Phi) is 9.70. The molecule has 0 amide bonds. The average Bonchev–Trinajstić information content (AvgIpc) is 2.27. The van der Waals surface area contributed by atoms with Gasteiger partial charge in [-0.25, -0.2) is 0 Å². The first-order valence-electron chi connectivity index (χ1n) is 6.74. The molecule has 0 aromatic carbocycles. The molecule has 0 radical (unpaired) electrons. The van der Waals surface area contributed by atoms with E-state index in [1.165, 1.54) is 57.8 Å². The molecule has 92 valence electrons. The summed E-state index contributed by atoms with van der Waals surface area (Å²) in [6.45, 7) is 6.84. The van der Waals surface area contributed by atoms with E-state index in [1.54, 1.807) is 0 Å². The molecule has 0 saturated carbocycles. The van der Waals surface area contributed by atoms with Crippen molar-refractivity contribution in [1.29, 1.82) is 0 Å². The number of rotatable bonds is 10. The predicted octanol–water partition coefficient (Wildman–Crippen LogP) is 5.78. The lowest BCUT2D eigenvalue weighted by atomic mass is 9.84. The third-order valence-corrected chi connectivity index (χ3v) is 4.21. The lowest BCUT2D eigenvalue weighted by Gasteiger charge is -2.25. The monoisotopic (exact) mass is 232 g/mol. The number of halogens is 1. The summed E-state index contributed by atoms with van der Waals surface area (Å²) in [5, 5.41) is 0. The van der Waals surface area contributed by atoms with Crippen LogP contribution in [0.2, 0.25) is 0 Å². The van der Waals surface area contributed by atoms with E-state index < -0.39 is 0 Å². The topological polar surface area (TPSA) is 0 Å². The van der Waals surface area contributed by atoms with Crippen molar-refractivity contribution in [3.8, 4) is 0 Å². The van der Waals surface area contributed by atoms with Crippen molar-refractivity contribution < 1.29 is 0 Å². The van der Waals surface area contributed by atoms with Crippen LogP contribution in [0.1, 0.15) is 78.6 Å². The number of hydrogen-bond donors (Lipinski definition) is 0. The molecule has 0 fully saturated rings. The zero-order valence-electron chi connectivity index (χ0n) is 10.9. The van der Waals surface area contributed by atoms with Crippen LogP contribution in [0.4, 0.5) is 0 Å². The lowest BCUT2D eigenvalue weighted by Crippen LogP contribution is -2.16. The third-order valence-electron chi connectivity index (χ3n) is 3.56. The molecule has 0 aromatic heterocycles. The highest BCUT2D eigenvalue weighted by Crippen LogP contribution is 2.29. The summed E-state index contributed by atoms with van der Waals surface area (Å²) in [7, 11) is 0. The first kappa shape index (κ1) is 15.3. The Hall–Kier alpha value is 0.290. The van der Waals surface area contributed by atoms with Crippen molar-refractivity contribution in [2.45, 2.75) is 78.6 Å². The van der Waals surface area contributed by atoms with Gasteiger partial charge in [0.1, 0.15) is 0 Å². The minimum Gasteiger partial charge on any atom is -0.126 e. The Balaban J connectivity index is 3.29. The van der Waals surface area contributed by atoms with Crippen molar-refractivity contribution in [2.75, 3.05) is 5.88 Å². The normalized spacial score (nSPS) is 15.2. The molecule has 0 aliphatic heterocycles. The van der Waals surface area contributed by atoms with Crippen LogP contribution in [0.5, 0.6) is 0 Å². The molecule has 1 heteroatoms. The van der Waals surface area contributed by atoms with Crippen molar-refractivity contribution in [3.05, 3.63) is 0 Å². The fourth-order valence-corrected chi connectivity index (χ4v) is 2.17. The predicted molar refractivity (Wildman–Crippen MR) is 71.7 cm³/mol. The van der Waals surface area contributed by atoms with Crippen molar-refractivity contribution in [2.24, 2.45) is 5.41 Å². The smallest absolute Gasteiger partial charge is 0.0277 e. The molecular formula is C14H29Cl. The van der Waals surface area contributed by atoms with E-state index >= 15 is 0 Å². The Morgan fingerprint density at radius 1 is 0.867 bits per heavy atom. The SMILES string of the molecule is CCCCCCCCCC(C)(CC)CCl. The first-order valence-corrected chi connectivity index (χ1v) is 7.28. The zero-order valence-corrected chi connectivity index (χ0v) is 11.7. The molecule has 0 nitrogen and oxygen atoms in total.